The average molecular weight is 1010 g/mol. The molecule has 0 bridgehead atoms. The highest BCUT2D eigenvalue weighted by Crippen LogP contribution is 2.29. The number of aryl methyl sites for hydroxylation is 1. The lowest BCUT2D eigenvalue weighted by atomic mass is 9.89. The molecule has 4 aromatic rings. The second-order valence-electron chi connectivity index (χ2n) is 21.3. The van der Waals surface area contributed by atoms with Crippen LogP contribution >= 0.6 is 0 Å². The van der Waals surface area contributed by atoms with Gasteiger partial charge in [-0.15, -0.1) is 0 Å². The summed E-state index contributed by atoms with van der Waals surface area (Å²) in [5, 5.41) is 9.70. The lowest BCUT2D eigenvalue weighted by Gasteiger charge is -2.43. The third-order valence-corrected chi connectivity index (χ3v) is 15.7. The number of nitrogens with zero attached hydrogens (tertiary/aromatic N) is 7. The van der Waals surface area contributed by atoms with Gasteiger partial charge in [0.25, 0.3) is 5.56 Å². The van der Waals surface area contributed by atoms with Gasteiger partial charge in [0.05, 0.1) is 11.0 Å². The number of piperazine rings is 1. The standard InChI is InChI=1S/C58H86N8O7/c1-5-7-9-11-13-15-17-23-53(67)72-42-65-41-48-38-45(37-44(3)55(48)60-65)39-51(57(70)63-35-33-62(34-36-63)49-27-29-61(4)30-28-49)59-58(71)64-31-25-46(26-32-64)50-40-47-21-19-20-22-52(47)66(56(50)69)43-73-54(68)24-18-16-14-12-10-8-6-2/h19-22,37-38,40-41,46,49,51H,5-18,23-36,39,42-43H2,1-4H3,(H,59,71)/t51-/m1/s1. The summed E-state index contributed by atoms with van der Waals surface area (Å²) in [6, 6.07) is 13.1. The Balaban J connectivity index is 0.986. The Kier molecular flexibility index (Phi) is 21.6. The molecular formula is C58H86N8O7. The molecule has 3 fully saturated rings. The molecule has 1 atom stereocenters. The lowest BCUT2D eigenvalue weighted by Crippen LogP contribution is -2.59. The first-order chi connectivity index (χ1) is 35.5. The van der Waals surface area contributed by atoms with E-state index in [1.54, 1.807) is 14.1 Å². The van der Waals surface area contributed by atoms with E-state index in [2.05, 4.69) is 36.0 Å². The van der Waals surface area contributed by atoms with Crippen molar-refractivity contribution in [3.05, 3.63) is 75.7 Å². The number of aromatic nitrogens is 3. The molecular weight excluding hydrogens is 921 g/mol. The molecule has 3 amide bonds. The van der Waals surface area contributed by atoms with E-state index in [9.17, 15) is 24.0 Å². The molecule has 5 heterocycles. The number of likely N-dealkylation sites (tertiary alicyclic amines) is 2. The zero-order valence-electron chi connectivity index (χ0n) is 44.8. The summed E-state index contributed by atoms with van der Waals surface area (Å²) in [5.41, 5.74) is 3.83. The number of rotatable bonds is 26. The molecule has 3 aliphatic heterocycles. The number of carbonyl (C=O) groups excluding carboxylic acids is 4. The number of esters is 2. The van der Waals surface area contributed by atoms with Crippen molar-refractivity contribution >= 4 is 45.7 Å². The van der Waals surface area contributed by atoms with Crippen LogP contribution in [-0.4, -0.2) is 129 Å². The summed E-state index contributed by atoms with van der Waals surface area (Å²) in [4.78, 5) is 77.2. The summed E-state index contributed by atoms with van der Waals surface area (Å²) < 4.78 is 14.6. The smallest absolute Gasteiger partial charge is 0.318 e. The third-order valence-electron chi connectivity index (χ3n) is 15.7. The minimum Gasteiger partial charge on any atom is -0.444 e. The monoisotopic (exact) mass is 1010 g/mol. The van der Waals surface area contributed by atoms with E-state index in [0.717, 1.165) is 105 Å². The number of pyridine rings is 1. The predicted octanol–water partition coefficient (Wildman–Crippen LogP) is 9.68. The summed E-state index contributed by atoms with van der Waals surface area (Å²) >= 11 is 0. The molecule has 0 spiro atoms. The molecule has 73 heavy (non-hydrogen) atoms. The summed E-state index contributed by atoms with van der Waals surface area (Å²) in [6.07, 6.45) is 22.0. The van der Waals surface area contributed by atoms with Crippen LogP contribution in [0.15, 0.2) is 53.5 Å². The SMILES string of the molecule is CCCCCCCCCC(=O)OCn1cc2cc(C[C@@H](NC(=O)N3CCC(c4cc5ccccc5n(COC(=O)CCCCCCCCC)c4=O)CC3)C(=O)N3CCN(C4CCN(C)CC4)CC3)cc(C)c2n1. The van der Waals surface area contributed by atoms with Crippen molar-refractivity contribution in [2.75, 3.05) is 59.4 Å². The minimum atomic E-state index is -0.805. The van der Waals surface area contributed by atoms with Crippen molar-refractivity contribution in [3.8, 4) is 0 Å². The van der Waals surface area contributed by atoms with Gasteiger partial charge in [-0.3, -0.25) is 28.6 Å². The van der Waals surface area contributed by atoms with Gasteiger partial charge in [0, 0.05) is 81.7 Å². The minimum absolute atomic E-state index is 0.0298. The number of unbranched alkanes of at least 4 members (excludes halogenated alkanes) is 12. The van der Waals surface area contributed by atoms with Crippen LogP contribution in [0.2, 0.25) is 0 Å². The Labute approximate surface area is 434 Å². The van der Waals surface area contributed by atoms with Crippen LogP contribution in [0.25, 0.3) is 21.8 Å². The number of fused-ring (bicyclic) bond motifs is 2. The van der Waals surface area contributed by atoms with Crippen molar-refractivity contribution in [3.63, 3.8) is 0 Å². The molecule has 3 saturated heterocycles. The van der Waals surface area contributed by atoms with Gasteiger partial charge in [0.15, 0.2) is 13.5 Å². The molecule has 400 valence electrons. The number of ether oxygens (including phenoxy) is 2. The van der Waals surface area contributed by atoms with E-state index in [1.165, 1.54) is 51.4 Å². The summed E-state index contributed by atoms with van der Waals surface area (Å²) in [7, 11) is 2.17. The van der Waals surface area contributed by atoms with Crippen LogP contribution in [0.3, 0.4) is 0 Å². The quantitative estimate of drug-likeness (QED) is 0.0476. The van der Waals surface area contributed by atoms with E-state index in [-0.39, 0.29) is 48.8 Å². The van der Waals surface area contributed by atoms with Gasteiger partial charge in [0.1, 0.15) is 6.04 Å². The summed E-state index contributed by atoms with van der Waals surface area (Å²) in [5.74, 6) is -0.707. The number of urea groups is 1. The number of piperidine rings is 2. The van der Waals surface area contributed by atoms with E-state index in [0.29, 0.717) is 75.4 Å². The van der Waals surface area contributed by atoms with Gasteiger partial charge in [-0.25, -0.2) is 9.48 Å². The Morgan fingerprint density at radius 1 is 0.685 bits per heavy atom. The zero-order valence-corrected chi connectivity index (χ0v) is 44.8. The number of amides is 3. The Morgan fingerprint density at radius 3 is 1.93 bits per heavy atom. The topological polar surface area (TPSA) is 152 Å². The van der Waals surface area contributed by atoms with Gasteiger partial charge >= 0.3 is 18.0 Å². The summed E-state index contributed by atoms with van der Waals surface area (Å²) in [6.45, 7) is 12.1. The highest BCUT2D eigenvalue weighted by molar-refractivity contribution is 5.88. The van der Waals surface area contributed by atoms with Crippen LogP contribution in [0, 0.1) is 6.92 Å². The van der Waals surface area contributed by atoms with E-state index in [4.69, 9.17) is 14.6 Å². The maximum Gasteiger partial charge on any atom is 0.318 e. The van der Waals surface area contributed by atoms with Crippen LogP contribution < -0.4 is 10.9 Å². The fraction of sp³-hybridized carbons (Fsp3) is 0.655. The van der Waals surface area contributed by atoms with E-state index < -0.39 is 6.04 Å². The zero-order chi connectivity index (χ0) is 51.5. The van der Waals surface area contributed by atoms with Crippen molar-refractivity contribution < 1.29 is 28.7 Å². The Bertz CT molecular complexity index is 2460. The van der Waals surface area contributed by atoms with Gasteiger partial charge < -0.3 is 29.5 Å². The molecule has 2 aromatic carbocycles. The molecule has 0 unspecified atom stereocenters. The first kappa shape index (κ1) is 55.5. The number of para-hydroxylation sites is 1. The number of hydrogen-bond donors (Lipinski definition) is 1. The van der Waals surface area contributed by atoms with Crippen LogP contribution in [0.4, 0.5) is 4.79 Å². The van der Waals surface area contributed by atoms with E-state index >= 15 is 0 Å². The van der Waals surface area contributed by atoms with Gasteiger partial charge in [-0.2, -0.15) is 5.10 Å². The number of hydrogen-bond acceptors (Lipinski definition) is 10. The maximum absolute atomic E-state index is 14.7. The van der Waals surface area contributed by atoms with Crippen molar-refractivity contribution in [1.29, 1.82) is 0 Å². The van der Waals surface area contributed by atoms with Crippen LogP contribution in [-0.2, 0) is 43.7 Å². The third kappa shape index (κ3) is 16.1. The molecule has 0 aliphatic carbocycles. The lowest BCUT2D eigenvalue weighted by molar-refractivity contribution is -0.148. The number of nitrogens with one attached hydrogen (secondary N) is 1. The predicted molar refractivity (Wildman–Crippen MR) is 288 cm³/mol. The molecule has 2 aromatic heterocycles. The Morgan fingerprint density at radius 2 is 1.29 bits per heavy atom. The molecule has 7 rings (SSSR count). The molecule has 3 aliphatic rings. The Hall–Kier alpha value is -5.28. The second-order valence-corrected chi connectivity index (χ2v) is 21.3. The molecule has 15 nitrogen and oxygen atoms in total. The van der Waals surface area contributed by atoms with Gasteiger partial charge in [-0.05, 0) is 106 Å². The normalized spacial score (nSPS) is 16.8. The molecule has 1 N–H and O–H groups in total. The molecule has 0 radical (unpaired) electrons. The fourth-order valence-corrected chi connectivity index (χ4v) is 11.2. The van der Waals surface area contributed by atoms with Crippen molar-refractivity contribution in [2.45, 2.75) is 187 Å². The highest BCUT2D eigenvalue weighted by Gasteiger charge is 2.34. The fourth-order valence-electron chi connectivity index (χ4n) is 11.2. The van der Waals surface area contributed by atoms with Crippen LogP contribution in [0.1, 0.15) is 165 Å². The second kappa shape index (κ2) is 28.4. The van der Waals surface area contributed by atoms with Gasteiger partial charge in [0.2, 0.25) is 5.91 Å². The highest BCUT2D eigenvalue weighted by atomic mass is 16.5. The average Bonchev–Trinajstić information content (AvgIpc) is 3.83. The van der Waals surface area contributed by atoms with Crippen molar-refractivity contribution in [1.82, 2.24) is 39.3 Å². The molecule has 15 heteroatoms. The number of benzene rings is 2. The van der Waals surface area contributed by atoms with Gasteiger partial charge in [-0.1, -0.05) is 115 Å². The number of carbonyl (C=O) groups is 4. The van der Waals surface area contributed by atoms with Crippen molar-refractivity contribution in [2.24, 2.45) is 0 Å². The molecule has 0 saturated carbocycles. The first-order valence-electron chi connectivity index (χ1n) is 28.2. The van der Waals surface area contributed by atoms with Crippen LogP contribution in [0.5, 0.6) is 0 Å². The first-order valence-corrected chi connectivity index (χ1v) is 28.2. The van der Waals surface area contributed by atoms with E-state index in [1.807, 2.05) is 60.5 Å². The maximum atomic E-state index is 14.7. The largest absolute Gasteiger partial charge is 0.444 e.